The van der Waals surface area contributed by atoms with Gasteiger partial charge in [0, 0.05) is 35.3 Å². The van der Waals surface area contributed by atoms with Gasteiger partial charge in [0.25, 0.3) is 0 Å². The fourth-order valence-corrected chi connectivity index (χ4v) is 3.71. The molecule has 3 rings (SSSR count). The topological polar surface area (TPSA) is 58.9 Å². The van der Waals surface area contributed by atoms with Crippen LogP contribution in [0.4, 0.5) is 0 Å². The average Bonchev–Trinajstić information content (AvgIpc) is 3.13. The summed E-state index contributed by atoms with van der Waals surface area (Å²) >= 11 is 0. The maximum absolute atomic E-state index is 13.2. The standard InChI is InChI=1S/C25H29NO5/c1-7-10-26-15-18(20-9-8-19(28-3)14-21(20)26)11-16(2)24(27)17-12-22(29-4)25(31-6)23(13-17)30-5/h8-9,11-15H,7,10H2,1-6H3/b16-11+. The second-order valence-electron chi connectivity index (χ2n) is 7.23. The Morgan fingerprint density at radius 1 is 0.968 bits per heavy atom. The number of ether oxygens (including phenoxy) is 4. The smallest absolute Gasteiger partial charge is 0.203 e. The van der Waals surface area contributed by atoms with Crippen molar-refractivity contribution in [3.8, 4) is 23.0 Å². The lowest BCUT2D eigenvalue weighted by Gasteiger charge is -2.13. The molecule has 0 aliphatic carbocycles. The Morgan fingerprint density at radius 2 is 1.65 bits per heavy atom. The third-order valence-corrected chi connectivity index (χ3v) is 5.24. The predicted molar refractivity (Wildman–Crippen MR) is 123 cm³/mol. The molecule has 6 heteroatoms. The van der Waals surface area contributed by atoms with E-state index in [1.54, 1.807) is 19.2 Å². The van der Waals surface area contributed by atoms with Crippen molar-refractivity contribution in [2.45, 2.75) is 26.8 Å². The number of methoxy groups -OCH3 is 4. The minimum absolute atomic E-state index is 0.107. The van der Waals surface area contributed by atoms with Gasteiger partial charge < -0.3 is 23.5 Å². The molecule has 0 bridgehead atoms. The number of carbonyl (C=O) groups is 1. The monoisotopic (exact) mass is 423 g/mol. The Bertz CT molecular complexity index is 1100. The van der Waals surface area contributed by atoms with Crippen LogP contribution in [0.2, 0.25) is 0 Å². The number of benzene rings is 2. The van der Waals surface area contributed by atoms with E-state index in [2.05, 4.69) is 17.7 Å². The fraction of sp³-hybridized carbons (Fsp3) is 0.320. The van der Waals surface area contributed by atoms with Crippen LogP contribution in [0.1, 0.15) is 36.2 Å². The Labute approximate surface area is 183 Å². The molecule has 1 aromatic heterocycles. The van der Waals surface area contributed by atoms with Crippen LogP contribution in [0.3, 0.4) is 0 Å². The molecule has 0 atom stereocenters. The molecule has 0 N–H and O–H groups in total. The summed E-state index contributed by atoms with van der Waals surface area (Å²) in [5, 5.41) is 1.08. The molecule has 3 aromatic rings. The van der Waals surface area contributed by atoms with Crippen molar-refractivity contribution in [1.82, 2.24) is 4.57 Å². The van der Waals surface area contributed by atoms with Gasteiger partial charge in [-0.3, -0.25) is 4.79 Å². The summed E-state index contributed by atoms with van der Waals surface area (Å²) in [6, 6.07) is 9.34. The van der Waals surface area contributed by atoms with Crippen LogP contribution < -0.4 is 18.9 Å². The Balaban J connectivity index is 2.05. The van der Waals surface area contributed by atoms with Gasteiger partial charge in [0.1, 0.15) is 5.75 Å². The molecule has 0 unspecified atom stereocenters. The van der Waals surface area contributed by atoms with E-state index in [0.29, 0.717) is 28.4 Å². The number of aromatic nitrogens is 1. The highest BCUT2D eigenvalue weighted by Crippen LogP contribution is 2.39. The highest BCUT2D eigenvalue weighted by atomic mass is 16.5. The van der Waals surface area contributed by atoms with E-state index in [4.69, 9.17) is 18.9 Å². The van der Waals surface area contributed by atoms with Crippen molar-refractivity contribution in [3.63, 3.8) is 0 Å². The molecule has 0 spiro atoms. The van der Waals surface area contributed by atoms with Crippen molar-refractivity contribution in [2.75, 3.05) is 28.4 Å². The summed E-state index contributed by atoms with van der Waals surface area (Å²) in [5.41, 5.74) is 3.16. The van der Waals surface area contributed by atoms with Crippen molar-refractivity contribution in [2.24, 2.45) is 0 Å². The molecular formula is C25H29NO5. The Hall–Kier alpha value is -3.41. The van der Waals surface area contributed by atoms with Crippen LogP contribution in [-0.4, -0.2) is 38.8 Å². The van der Waals surface area contributed by atoms with E-state index in [-0.39, 0.29) is 5.78 Å². The molecule has 0 aliphatic rings. The molecule has 1 heterocycles. The largest absolute Gasteiger partial charge is 0.497 e. The van der Waals surface area contributed by atoms with Crippen LogP contribution in [-0.2, 0) is 6.54 Å². The first-order chi connectivity index (χ1) is 15.0. The van der Waals surface area contributed by atoms with Gasteiger partial charge in [0.2, 0.25) is 5.75 Å². The van der Waals surface area contributed by atoms with Crippen LogP contribution in [0.5, 0.6) is 23.0 Å². The number of aryl methyl sites for hydroxylation is 1. The number of hydrogen-bond acceptors (Lipinski definition) is 5. The molecule has 164 valence electrons. The molecule has 0 fully saturated rings. The van der Waals surface area contributed by atoms with Gasteiger partial charge in [-0.15, -0.1) is 0 Å². The summed E-state index contributed by atoms with van der Waals surface area (Å²) in [5.74, 6) is 2.06. The van der Waals surface area contributed by atoms with Gasteiger partial charge in [-0.2, -0.15) is 0 Å². The van der Waals surface area contributed by atoms with Gasteiger partial charge in [-0.1, -0.05) is 6.92 Å². The summed E-state index contributed by atoms with van der Waals surface area (Å²) in [4.78, 5) is 13.2. The SMILES string of the molecule is CCCn1cc(/C=C(\C)C(=O)c2cc(OC)c(OC)c(OC)c2)c2ccc(OC)cc21. The van der Waals surface area contributed by atoms with Crippen LogP contribution in [0.15, 0.2) is 42.1 Å². The normalized spacial score (nSPS) is 11.5. The van der Waals surface area contributed by atoms with E-state index in [1.165, 1.54) is 21.3 Å². The first kappa shape index (κ1) is 22.3. The molecule has 31 heavy (non-hydrogen) atoms. The average molecular weight is 424 g/mol. The number of Topliss-reactive ketones (excluding diaryl/α,β-unsaturated/α-hetero) is 1. The first-order valence-corrected chi connectivity index (χ1v) is 10.2. The van der Waals surface area contributed by atoms with Crippen molar-refractivity contribution in [3.05, 3.63) is 53.2 Å². The van der Waals surface area contributed by atoms with Gasteiger partial charge in [0.05, 0.1) is 34.0 Å². The molecule has 2 aromatic carbocycles. The fourth-order valence-electron chi connectivity index (χ4n) is 3.71. The van der Waals surface area contributed by atoms with Gasteiger partial charge >= 0.3 is 0 Å². The highest BCUT2D eigenvalue weighted by Gasteiger charge is 2.18. The van der Waals surface area contributed by atoms with E-state index in [9.17, 15) is 4.79 Å². The van der Waals surface area contributed by atoms with Gasteiger partial charge in [0.15, 0.2) is 17.3 Å². The maximum Gasteiger partial charge on any atom is 0.203 e. The zero-order chi connectivity index (χ0) is 22.5. The number of allylic oxidation sites excluding steroid dienone is 1. The number of carbonyl (C=O) groups excluding carboxylic acids is 1. The second-order valence-corrected chi connectivity index (χ2v) is 7.23. The third kappa shape index (κ3) is 4.38. The van der Waals surface area contributed by atoms with Crippen LogP contribution >= 0.6 is 0 Å². The van der Waals surface area contributed by atoms with Crippen molar-refractivity contribution >= 4 is 22.8 Å². The third-order valence-electron chi connectivity index (χ3n) is 5.24. The molecule has 0 amide bonds. The van der Waals surface area contributed by atoms with Gasteiger partial charge in [-0.05, 0) is 49.3 Å². The summed E-state index contributed by atoms with van der Waals surface area (Å²) in [7, 11) is 6.26. The van der Waals surface area contributed by atoms with Crippen LogP contribution in [0, 0.1) is 0 Å². The molecule has 0 aliphatic heterocycles. The number of fused-ring (bicyclic) bond motifs is 1. The van der Waals surface area contributed by atoms with Crippen molar-refractivity contribution in [1.29, 1.82) is 0 Å². The zero-order valence-corrected chi connectivity index (χ0v) is 18.9. The zero-order valence-electron chi connectivity index (χ0n) is 18.9. The lowest BCUT2D eigenvalue weighted by molar-refractivity contribution is 0.103. The molecule has 0 saturated carbocycles. The number of nitrogens with zero attached hydrogens (tertiary/aromatic N) is 1. The van der Waals surface area contributed by atoms with E-state index in [1.807, 2.05) is 31.2 Å². The summed E-state index contributed by atoms with van der Waals surface area (Å²) in [6.07, 6.45) is 5.01. The number of rotatable bonds is 9. The second kappa shape index (κ2) is 9.60. The van der Waals surface area contributed by atoms with E-state index < -0.39 is 0 Å². The van der Waals surface area contributed by atoms with E-state index >= 15 is 0 Å². The van der Waals surface area contributed by atoms with Crippen molar-refractivity contribution < 1.29 is 23.7 Å². The molecular weight excluding hydrogens is 394 g/mol. The highest BCUT2D eigenvalue weighted by molar-refractivity contribution is 6.12. The Morgan fingerprint density at radius 3 is 2.19 bits per heavy atom. The Kier molecular flexibility index (Phi) is 6.90. The minimum atomic E-state index is -0.107. The molecule has 6 nitrogen and oxygen atoms in total. The molecule has 0 radical (unpaired) electrons. The quantitative estimate of drug-likeness (QED) is 0.342. The first-order valence-electron chi connectivity index (χ1n) is 10.2. The van der Waals surface area contributed by atoms with Gasteiger partial charge in [-0.25, -0.2) is 0 Å². The summed E-state index contributed by atoms with van der Waals surface area (Å²) < 4.78 is 23.7. The lowest BCUT2D eigenvalue weighted by Crippen LogP contribution is -2.04. The van der Waals surface area contributed by atoms with E-state index in [0.717, 1.165) is 35.2 Å². The summed E-state index contributed by atoms with van der Waals surface area (Å²) in [6.45, 7) is 4.84. The maximum atomic E-state index is 13.2. The molecule has 0 saturated heterocycles. The predicted octanol–water partition coefficient (Wildman–Crippen LogP) is 5.37. The minimum Gasteiger partial charge on any atom is -0.497 e. The van der Waals surface area contributed by atoms with Crippen LogP contribution in [0.25, 0.3) is 17.0 Å². The number of hydrogen-bond donors (Lipinski definition) is 0. The number of ketones is 1. The lowest BCUT2D eigenvalue weighted by atomic mass is 10.0.